The van der Waals surface area contributed by atoms with Gasteiger partial charge in [0, 0.05) is 19.4 Å². The summed E-state index contributed by atoms with van der Waals surface area (Å²) in [5, 5.41) is 0. The van der Waals surface area contributed by atoms with Crippen LogP contribution in [0, 0.1) is 6.92 Å². The molecule has 0 N–H and O–H groups in total. The summed E-state index contributed by atoms with van der Waals surface area (Å²) in [5.74, 6) is -0.495. The van der Waals surface area contributed by atoms with Gasteiger partial charge in [0.05, 0.1) is 0 Å². The molecule has 3 aromatic rings. The number of amides is 1. The van der Waals surface area contributed by atoms with E-state index in [0.29, 0.717) is 6.42 Å². The third-order valence-electron chi connectivity index (χ3n) is 6.32. The fraction of sp³-hybridized carbons (Fsp3) is 0.333. The lowest BCUT2D eigenvalue weighted by atomic mass is 9.98. The number of fused-ring (bicyclic) bond motifs is 3. The van der Waals surface area contributed by atoms with Crippen molar-refractivity contribution in [2.45, 2.75) is 51.7 Å². The Morgan fingerprint density at radius 2 is 1.43 bits per heavy atom. The van der Waals surface area contributed by atoms with Crippen LogP contribution in [0.3, 0.4) is 0 Å². The fourth-order valence-electron chi connectivity index (χ4n) is 4.52. The zero-order chi connectivity index (χ0) is 25.2. The minimum absolute atomic E-state index is 0.0446. The molecule has 0 radical (unpaired) electrons. The van der Waals surface area contributed by atoms with Crippen LogP contribution in [0.4, 0.5) is 4.79 Å². The van der Waals surface area contributed by atoms with Gasteiger partial charge >= 0.3 is 12.1 Å². The van der Waals surface area contributed by atoms with E-state index in [9.17, 15) is 9.59 Å². The van der Waals surface area contributed by atoms with Crippen molar-refractivity contribution < 1.29 is 19.1 Å². The largest absolute Gasteiger partial charge is 0.458 e. The second kappa shape index (κ2) is 9.95. The molecule has 3 aromatic carbocycles. The summed E-state index contributed by atoms with van der Waals surface area (Å²) >= 11 is 0. The smallest absolute Gasteiger partial charge is 0.410 e. The highest BCUT2D eigenvalue weighted by atomic mass is 16.6. The summed E-state index contributed by atoms with van der Waals surface area (Å²) in [7, 11) is 1.60. The van der Waals surface area contributed by atoms with Crippen molar-refractivity contribution in [2.75, 3.05) is 13.7 Å². The number of nitrogens with zero attached hydrogens (tertiary/aromatic N) is 1. The van der Waals surface area contributed by atoms with Crippen LogP contribution >= 0.6 is 0 Å². The van der Waals surface area contributed by atoms with Crippen LogP contribution in [0.25, 0.3) is 11.1 Å². The van der Waals surface area contributed by atoms with Crippen molar-refractivity contribution in [1.82, 2.24) is 4.90 Å². The molecule has 1 amide bonds. The molecule has 5 heteroatoms. The zero-order valence-corrected chi connectivity index (χ0v) is 21.1. The van der Waals surface area contributed by atoms with E-state index >= 15 is 0 Å². The number of ether oxygens (including phenoxy) is 2. The third kappa shape index (κ3) is 5.56. The first-order valence-corrected chi connectivity index (χ1v) is 12.0. The molecule has 1 unspecified atom stereocenters. The molecule has 0 bridgehead atoms. The molecule has 1 aliphatic carbocycles. The molecule has 0 saturated carbocycles. The van der Waals surface area contributed by atoms with E-state index in [2.05, 4.69) is 24.3 Å². The van der Waals surface area contributed by atoms with Gasteiger partial charge in [0.2, 0.25) is 0 Å². The lowest BCUT2D eigenvalue weighted by molar-refractivity contribution is -0.160. The molecular formula is C30H33NO4. The summed E-state index contributed by atoms with van der Waals surface area (Å²) in [6, 6.07) is 23.6. The average Bonchev–Trinajstić information content (AvgIpc) is 3.14. The van der Waals surface area contributed by atoms with Crippen LogP contribution in [-0.4, -0.2) is 42.3 Å². The Morgan fingerprint density at radius 1 is 0.886 bits per heavy atom. The highest BCUT2D eigenvalue weighted by Gasteiger charge is 2.34. The number of esters is 1. The number of carbonyl (C=O) groups is 2. The Labute approximate surface area is 207 Å². The molecule has 0 heterocycles. The van der Waals surface area contributed by atoms with E-state index in [1.54, 1.807) is 7.05 Å². The highest BCUT2D eigenvalue weighted by Crippen LogP contribution is 2.44. The Bertz CT molecular complexity index is 1160. The Morgan fingerprint density at radius 3 is 1.97 bits per heavy atom. The number of likely N-dealkylation sites (N-methyl/N-ethyl adjacent to an activating group) is 1. The van der Waals surface area contributed by atoms with Gasteiger partial charge in [0.25, 0.3) is 0 Å². The Hall–Kier alpha value is -3.60. The van der Waals surface area contributed by atoms with Crippen LogP contribution in [0.1, 0.15) is 48.9 Å². The first-order valence-electron chi connectivity index (χ1n) is 12.0. The maximum Gasteiger partial charge on any atom is 0.410 e. The monoisotopic (exact) mass is 471 g/mol. The SMILES string of the molecule is Cc1ccc(CC(C(=O)OC(C)(C)C)N(C)C(=O)OCC2c3ccccc3-c3ccccc32)cc1. The van der Waals surface area contributed by atoms with E-state index in [1.165, 1.54) is 16.0 Å². The van der Waals surface area contributed by atoms with Gasteiger partial charge in [-0.2, -0.15) is 0 Å². The Balaban J connectivity index is 1.51. The van der Waals surface area contributed by atoms with Crippen LogP contribution in [0.2, 0.25) is 0 Å². The summed E-state index contributed by atoms with van der Waals surface area (Å²) in [6.45, 7) is 7.67. The first-order chi connectivity index (χ1) is 16.6. The summed E-state index contributed by atoms with van der Waals surface area (Å²) in [5.41, 5.74) is 6.05. The molecule has 0 aliphatic heterocycles. The van der Waals surface area contributed by atoms with Crippen molar-refractivity contribution in [3.63, 3.8) is 0 Å². The number of rotatable bonds is 6. The van der Waals surface area contributed by atoms with E-state index in [4.69, 9.17) is 9.47 Å². The van der Waals surface area contributed by atoms with Crippen molar-refractivity contribution in [3.05, 3.63) is 95.1 Å². The van der Waals surface area contributed by atoms with Crippen LogP contribution in [0.5, 0.6) is 0 Å². The molecule has 1 aliphatic rings. The van der Waals surface area contributed by atoms with E-state index in [1.807, 2.05) is 76.2 Å². The molecule has 0 spiro atoms. The number of hydrogen-bond acceptors (Lipinski definition) is 4. The number of benzene rings is 3. The molecule has 0 aromatic heterocycles. The predicted octanol–water partition coefficient (Wildman–Crippen LogP) is 6.13. The first kappa shape index (κ1) is 24.5. The summed E-state index contributed by atoms with van der Waals surface area (Å²) in [4.78, 5) is 27.6. The molecule has 0 saturated heterocycles. The maximum absolute atomic E-state index is 13.2. The fourth-order valence-corrected chi connectivity index (χ4v) is 4.52. The van der Waals surface area contributed by atoms with Gasteiger partial charge in [-0.1, -0.05) is 78.4 Å². The zero-order valence-electron chi connectivity index (χ0n) is 21.1. The predicted molar refractivity (Wildman–Crippen MR) is 137 cm³/mol. The molecule has 0 fully saturated rings. The molecule has 182 valence electrons. The van der Waals surface area contributed by atoms with Gasteiger partial charge in [-0.25, -0.2) is 9.59 Å². The summed E-state index contributed by atoms with van der Waals surface area (Å²) in [6.07, 6.45) is -0.203. The van der Waals surface area contributed by atoms with Crippen molar-refractivity contribution in [2.24, 2.45) is 0 Å². The van der Waals surface area contributed by atoms with E-state index < -0.39 is 23.7 Å². The second-order valence-electron chi connectivity index (χ2n) is 10.2. The molecule has 4 rings (SSSR count). The molecule has 5 nitrogen and oxygen atoms in total. The van der Waals surface area contributed by atoms with Crippen molar-refractivity contribution in [1.29, 1.82) is 0 Å². The molecule has 1 atom stereocenters. The van der Waals surface area contributed by atoms with Crippen molar-refractivity contribution in [3.8, 4) is 11.1 Å². The lowest BCUT2D eigenvalue weighted by Gasteiger charge is -2.30. The lowest BCUT2D eigenvalue weighted by Crippen LogP contribution is -2.47. The number of carbonyl (C=O) groups excluding carboxylic acids is 2. The van der Waals surface area contributed by atoms with E-state index in [-0.39, 0.29) is 12.5 Å². The third-order valence-corrected chi connectivity index (χ3v) is 6.32. The molecular weight excluding hydrogens is 438 g/mol. The van der Waals surface area contributed by atoms with E-state index in [0.717, 1.165) is 22.3 Å². The average molecular weight is 472 g/mol. The van der Waals surface area contributed by atoms with Gasteiger partial charge in [-0.3, -0.25) is 4.90 Å². The van der Waals surface area contributed by atoms with Gasteiger partial charge in [0.1, 0.15) is 18.2 Å². The number of aryl methyl sites for hydroxylation is 1. The van der Waals surface area contributed by atoms with Crippen LogP contribution in [0.15, 0.2) is 72.8 Å². The topological polar surface area (TPSA) is 55.8 Å². The quantitative estimate of drug-likeness (QED) is 0.406. The number of hydrogen-bond donors (Lipinski definition) is 0. The minimum Gasteiger partial charge on any atom is -0.458 e. The maximum atomic E-state index is 13.2. The van der Waals surface area contributed by atoms with Crippen LogP contribution in [-0.2, 0) is 20.7 Å². The highest BCUT2D eigenvalue weighted by molar-refractivity contribution is 5.82. The van der Waals surface area contributed by atoms with Gasteiger partial charge < -0.3 is 9.47 Å². The normalized spacial score (nSPS) is 13.5. The Kier molecular flexibility index (Phi) is 6.97. The minimum atomic E-state index is -0.799. The van der Waals surface area contributed by atoms with Gasteiger partial charge in [-0.15, -0.1) is 0 Å². The molecule has 35 heavy (non-hydrogen) atoms. The standard InChI is InChI=1S/C30H33NO4/c1-20-14-16-21(17-15-20)18-27(28(32)35-30(2,3)4)31(5)29(33)34-19-26-24-12-8-6-10-22(24)23-11-7-9-13-25(23)26/h6-17,26-27H,18-19H2,1-5H3. The van der Waals surface area contributed by atoms with Gasteiger partial charge in [-0.05, 0) is 55.5 Å². The van der Waals surface area contributed by atoms with Crippen LogP contribution < -0.4 is 0 Å². The second-order valence-corrected chi connectivity index (χ2v) is 10.2. The summed E-state index contributed by atoms with van der Waals surface area (Å²) < 4.78 is 11.4. The van der Waals surface area contributed by atoms with Crippen molar-refractivity contribution >= 4 is 12.1 Å². The van der Waals surface area contributed by atoms with Gasteiger partial charge in [0.15, 0.2) is 0 Å².